The molecule has 114 valence electrons. The minimum Gasteiger partial charge on any atom is -0.322 e. The number of ketones is 1. The van der Waals surface area contributed by atoms with E-state index >= 15 is 0 Å². The first-order valence-electron chi connectivity index (χ1n) is 7.42. The van der Waals surface area contributed by atoms with Crippen molar-refractivity contribution in [1.29, 1.82) is 0 Å². The predicted molar refractivity (Wildman–Crippen MR) is 83.7 cm³/mol. The third-order valence-corrected chi connectivity index (χ3v) is 4.00. The van der Waals surface area contributed by atoms with Crippen LogP contribution < -0.4 is 5.32 Å². The van der Waals surface area contributed by atoms with Gasteiger partial charge in [0.1, 0.15) is 0 Å². The number of carbonyl (C=O) groups excluding carboxylic acids is 2. The van der Waals surface area contributed by atoms with Crippen molar-refractivity contribution in [2.24, 2.45) is 0 Å². The molecule has 0 radical (unpaired) electrons. The SMILES string of the molecule is CCN1CCN(C(=O)Nc2ccc(C(C)=O)cc2)CC1C. The summed E-state index contributed by atoms with van der Waals surface area (Å²) in [5.74, 6) is 0.0254. The fourth-order valence-electron chi connectivity index (χ4n) is 2.64. The quantitative estimate of drug-likeness (QED) is 0.870. The molecule has 5 heteroatoms. The molecule has 1 aromatic carbocycles. The molecule has 1 saturated heterocycles. The largest absolute Gasteiger partial charge is 0.322 e. The van der Waals surface area contributed by atoms with Crippen LogP contribution in [0.25, 0.3) is 0 Å². The van der Waals surface area contributed by atoms with E-state index in [1.54, 1.807) is 24.3 Å². The number of anilines is 1. The number of carbonyl (C=O) groups is 2. The van der Waals surface area contributed by atoms with Crippen LogP contribution in [0.15, 0.2) is 24.3 Å². The van der Waals surface area contributed by atoms with Crippen LogP contribution in [0.1, 0.15) is 31.1 Å². The monoisotopic (exact) mass is 289 g/mol. The van der Waals surface area contributed by atoms with Crippen molar-refractivity contribution in [3.05, 3.63) is 29.8 Å². The maximum absolute atomic E-state index is 12.3. The van der Waals surface area contributed by atoms with Crippen LogP contribution in [0.5, 0.6) is 0 Å². The summed E-state index contributed by atoms with van der Waals surface area (Å²) in [6.07, 6.45) is 0. The summed E-state index contributed by atoms with van der Waals surface area (Å²) >= 11 is 0. The molecule has 2 amide bonds. The van der Waals surface area contributed by atoms with Crippen LogP contribution in [-0.4, -0.2) is 53.8 Å². The summed E-state index contributed by atoms with van der Waals surface area (Å²) in [6, 6.07) is 7.30. The number of nitrogens with zero attached hydrogens (tertiary/aromatic N) is 2. The lowest BCUT2D eigenvalue weighted by atomic mass is 10.1. The normalized spacial score (nSPS) is 19.4. The summed E-state index contributed by atoms with van der Waals surface area (Å²) in [5.41, 5.74) is 1.37. The number of hydrogen-bond donors (Lipinski definition) is 1. The number of Topliss-reactive ketones (excluding diaryl/α,β-unsaturated/α-hetero) is 1. The second kappa shape index (κ2) is 6.72. The van der Waals surface area contributed by atoms with E-state index in [4.69, 9.17) is 0 Å². The average molecular weight is 289 g/mol. The molecular formula is C16H23N3O2. The van der Waals surface area contributed by atoms with E-state index in [-0.39, 0.29) is 11.8 Å². The lowest BCUT2D eigenvalue weighted by Gasteiger charge is -2.39. The highest BCUT2D eigenvalue weighted by Gasteiger charge is 2.25. The number of benzene rings is 1. The zero-order valence-electron chi connectivity index (χ0n) is 12.9. The molecule has 0 bridgehead atoms. The Morgan fingerprint density at radius 3 is 2.43 bits per heavy atom. The predicted octanol–water partition coefficient (Wildman–Crippen LogP) is 2.45. The molecule has 1 unspecified atom stereocenters. The van der Waals surface area contributed by atoms with Crippen molar-refractivity contribution in [2.75, 3.05) is 31.5 Å². The van der Waals surface area contributed by atoms with Crippen LogP contribution in [0.2, 0.25) is 0 Å². The van der Waals surface area contributed by atoms with E-state index in [0.717, 1.165) is 31.9 Å². The van der Waals surface area contributed by atoms with Crippen molar-refractivity contribution < 1.29 is 9.59 Å². The van der Waals surface area contributed by atoms with Gasteiger partial charge >= 0.3 is 6.03 Å². The van der Waals surface area contributed by atoms with Gasteiger partial charge in [-0.15, -0.1) is 0 Å². The molecule has 1 aliphatic heterocycles. The Balaban J connectivity index is 1.94. The number of nitrogens with one attached hydrogen (secondary N) is 1. The second-order valence-corrected chi connectivity index (χ2v) is 5.49. The summed E-state index contributed by atoms with van der Waals surface area (Å²) in [6.45, 7) is 9.23. The maximum Gasteiger partial charge on any atom is 0.321 e. The zero-order chi connectivity index (χ0) is 15.4. The maximum atomic E-state index is 12.3. The van der Waals surface area contributed by atoms with Gasteiger partial charge in [0.15, 0.2) is 5.78 Å². The summed E-state index contributed by atoms with van der Waals surface area (Å²) in [4.78, 5) is 27.7. The first-order valence-corrected chi connectivity index (χ1v) is 7.42. The molecule has 5 nitrogen and oxygen atoms in total. The molecule has 0 aliphatic carbocycles. The van der Waals surface area contributed by atoms with E-state index in [9.17, 15) is 9.59 Å². The molecule has 1 aliphatic rings. The van der Waals surface area contributed by atoms with Gasteiger partial charge in [0, 0.05) is 36.9 Å². The number of likely N-dealkylation sites (N-methyl/N-ethyl adjacent to an activating group) is 1. The number of urea groups is 1. The van der Waals surface area contributed by atoms with E-state index in [2.05, 4.69) is 24.1 Å². The summed E-state index contributed by atoms with van der Waals surface area (Å²) < 4.78 is 0. The number of hydrogen-bond acceptors (Lipinski definition) is 3. The van der Waals surface area contributed by atoms with Gasteiger partial charge in [-0.05, 0) is 44.7 Å². The highest BCUT2D eigenvalue weighted by atomic mass is 16.2. The topological polar surface area (TPSA) is 52.6 Å². The standard InChI is InChI=1S/C16H23N3O2/c1-4-18-9-10-19(11-12(18)2)16(21)17-15-7-5-14(6-8-15)13(3)20/h5-8,12H,4,9-11H2,1-3H3,(H,17,21). The number of amides is 2. The first kappa shape index (κ1) is 15.5. The van der Waals surface area contributed by atoms with Crippen molar-refractivity contribution in [2.45, 2.75) is 26.8 Å². The van der Waals surface area contributed by atoms with Gasteiger partial charge < -0.3 is 10.2 Å². The first-order chi connectivity index (χ1) is 10.0. The Morgan fingerprint density at radius 2 is 1.90 bits per heavy atom. The minimum atomic E-state index is -0.0758. The zero-order valence-corrected chi connectivity index (χ0v) is 12.9. The van der Waals surface area contributed by atoms with Crippen molar-refractivity contribution in [1.82, 2.24) is 9.80 Å². The molecule has 1 aromatic rings. The third-order valence-electron chi connectivity index (χ3n) is 4.00. The van der Waals surface area contributed by atoms with Gasteiger partial charge in [0.2, 0.25) is 0 Å². The molecule has 2 rings (SSSR count). The Labute approximate surface area is 125 Å². The lowest BCUT2D eigenvalue weighted by molar-refractivity contribution is 0.101. The third kappa shape index (κ3) is 3.82. The van der Waals surface area contributed by atoms with Crippen molar-refractivity contribution >= 4 is 17.5 Å². The van der Waals surface area contributed by atoms with E-state index in [1.807, 2.05) is 4.90 Å². The molecule has 1 N–H and O–H groups in total. The Hall–Kier alpha value is -1.88. The molecule has 0 spiro atoms. The summed E-state index contributed by atoms with van der Waals surface area (Å²) in [7, 11) is 0. The number of piperazine rings is 1. The highest BCUT2D eigenvalue weighted by Crippen LogP contribution is 2.13. The smallest absolute Gasteiger partial charge is 0.321 e. The van der Waals surface area contributed by atoms with Crippen molar-refractivity contribution in [3.63, 3.8) is 0 Å². The average Bonchev–Trinajstić information content (AvgIpc) is 2.47. The second-order valence-electron chi connectivity index (χ2n) is 5.49. The van der Waals surface area contributed by atoms with Gasteiger partial charge in [-0.25, -0.2) is 4.79 Å². The molecule has 1 atom stereocenters. The molecule has 0 saturated carbocycles. The lowest BCUT2D eigenvalue weighted by Crippen LogP contribution is -2.54. The Kier molecular flexibility index (Phi) is 4.96. The van der Waals surface area contributed by atoms with E-state index in [1.165, 1.54) is 6.92 Å². The van der Waals surface area contributed by atoms with E-state index < -0.39 is 0 Å². The van der Waals surface area contributed by atoms with Gasteiger partial charge in [0.05, 0.1) is 0 Å². The number of rotatable bonds is 3. The molecule has 21 heavy (non-hydrogen) atoms. The van der Waals surface area contributed by atoms with Crippen LogP contribution in [0, 0.1) is 0 Å². The molecule has 0 aromatic heterocycles. The van der Waals surface area contributed by atoms with Gasteiger partial charge in [-0.3, -0.25) is 9.69 Å². The van der Waals surface area contributed by atoms with Gasteiger partial charge in [0.25, 0.3) is 0 Å². The van der Waals surface area contributed by atoms with Crippen LogP contribution in [0.4, 0.5) is 10.5 Å². The van der Waals surface area contributed by atoms with E-state index in [0.29, 0.717) is 11.6 Å². The highest BCUT2D eigenvalue weighted by molar-refractivity contribution is 5.95. The Bertz CT molecular complexity index is 513. The van der Waals surface area contributed by atoms with Gasteiger partial charge in [-0.2, -0.15) is 0 Å². The molecular weight excluding hydrogens is 266 g/mol. The van der Waals surface area contributed by atoms with Crippen LogP contribution in [-0.2, 0) is 0 Å². The van der Waals surface area contributed by atoms with Gasteiger partial charge in [-0.1, -0.05) is 6.92 Å². The Morgan fingerprint density at radius 1 is 1.24 bits per heavy atom. The van der Waals surface area contributed by atoms with Crippen LogP contribution in [0.3, 0.4) is 0 Å². The summed E-state index contributed by atoms with van der Waals surface area (Å²) in [5, 5.41) is 2.89. The molecule has 1 heterocycles. The van der Waals surface area contributed by atoms with Crippen LogP contribution >= 0.6 is 0 Å². The fourth-order valence-corrected chi connectivity index (χ4v) is 2.64. The van der Waals surface area contributed by atoms with Crippen molar-refractivity contribution in [3.8, 4) is 0 Å². The molecule has 1 fully saturated rings. The fraction of sp³-hybridized carbons (Fsp3) is 0.500. The minimum absolute atomic E-state index is 0.0254.